The summed E-state index contributed by atoms with van der Waals surface area (Å²) in [6, 6.07) is 4.96. The minimum Gasteiger partial charge on any atom is -0.466 e. The predicted molar refractivity (Wildman–Crippen MR) is 81.9 cm³/mol. The summed E-state index contributed by atoms with van der Waals surface area (Å²) in [4.78, 5) is 23.6. The van der Waals surface area contributed by atoms with Gasteiger partial charge in [0.25, 0.3) is 5.69 Å². The van der Waals surface area contributed by atoms with Crippen LogP contribution in [-0.4, -0.2) is 37.0 Å². The molecule has 1 heterocycles. The lowest BCUT2D eigenvalue weighted by molar-refractivity contribution is -0.387. The maximum Gasteiger partial charge on any atom is 0.309 e. The first-order valence-corrected chi connectivity index (χ1v) is 8.19. The van der Waals surface area contributed by atoms with Gasteiger partial charge in [0, 0.05) is 12.3 Å². The van der Waals surface area contributed by atoms with Gasteiger partial charge in [-0.15, -0.1) is 0 Å². The van der Waals surface area contributed by atoms with Crippen molar-refractivity contribution in [3.8, 4) is 0 Å². The monoisotopic (exact) mass is 338 g/mol. The summed E-state index contributed by atoms with van der Waals surface area (Å²) in [5, 5.41) is 11.1. The average Bonchev–Trinajstić information content (AvgIpc) is 2.97. The van der Waals surface area contributed by atoms with E-state index in [1.54, 1.807) is 6.92 Å². The second kappa shape index (κ2) is 6.29. The largest absolute Gasteiger partial charge is 0.466 e. The summed E-state index contributed by atoms with van der Waals surface area (Å²) < 4.78 is 30.7. The van der Waals surface area contributed by atoms with Crippen LogP contribution in [0.5, 0.6) is 0 Å². The lowest BCUT2D eigenvalue weighted by Crippen LogP contribution is -2.37. The Morgan fingerprint density at radius 1 is 1.39 bits per heavy atom. The van der Waals surface area contributed by atoms with Crippen molar-refractivity contribution in [2.24, 2.45) is 4.99 Å². The number of hydrogen-bond acceptors (Lipinski definition) is 7. The molecule has 1 unspecified atom stereocenters. The third kappa shape index (κ3) is 3.00. The number of aliphatic imine (C=N–C) groups is 1. The second-order valence-electron chi connectivity index (χ2n) is 4.69. The number of nitro groups is 1. The Kier molecular flexibility index (Phi) is 4.60. The van der Waals surface area contributed by atoms with Crippen LogP contribution in [0.4, 0.5) is 5.69 Å². The number of nitrogens with zero attached hydrogens (tertiary/aromatic N) is 2. The highest BCUT2D eigenvalue weighted by molar-refractivity contribution is 7.93. The average molecular weight is 338 g/mol. The summed E-state index contributed by atoms with van der Waals surface area (Å²) in [6.07, 6.45) is 3.30. The van der Waals surface area contributed by atoms with E-state index in [9.17, 15) is 23.3 Å². The molecule has 0 aromatic heterocycles. The topological polar surface area (TPSA) is 116 Å². The van der Waals surface area contributed by atoms with Crippen molar-refractivity contribution in [1.82, 2.24) is 0 Å². The molecule has 0 radical (unpaired) electrons. The molecule has 0 fully saturated rings. The molecule has 23 heavy (non-hydrogen) atoms. The van der Waals surface area contributed by atoms with Crippen molar-refractivity contribution < 1.29 is 22.9 Å². The van der Waals surface area contributed by atoms with Gasteiger partial charge in [0.15, 0.2) is 4.87 Å². The highest BCUT2D eigenvalue weighted by atomic mass is 32.2. The smallest absolute Gasteiger partial charge is 0.309 e. The molecule has 8 nitrogen and oxygen atoms in total. The fourth-order valence-corrected chi connectivity index (χ4v) is 4.03. The molecule has 1 aromatic carbocycles. The highest BCUT2D eigenvalue weighted by Gasteiger charge is 2.48. The Hall–Kier alpha value is -2.55. The van der Waals surface area contributed by atoms with Crippen LogP contribution >= 0.6 is 0 Å². The van der Waals surface area contributed by atoms with Crippen molar-refractivity contribution in [2.45, 2.75) is 23.1 Å². The van der Waals surface area contributed by atoms with Crippen LogP contribution in [0.1, 0.15) is 13.3 Å². The minimum absolute atomic E-state index is 0.0911. The van der Waals surface area contributed by atoms with Crippen LogP contribution in [0.15, 0.2) is 46.3 Å². The zero-order valence-corrected chi connectivity index (χ0v) is 13.0. The van der Waals surface area contributed by atoms with E-state index in [-0.39, 0.29) is 6.61 Å². The van der Waals surface area contributed by atoms with E-state index in [1.807, 2.05) is 0 Å². The van der Waals surface area contributed by atoms with Crippen molar-refractivity contribution in [1.29, 1.82) is 0 Å². The molecule has 2 rings (SSSR count). The van der Waals surface area contributed by atoms with Crippen molar-refractivity contribution in [2.75, 3.05) is 6.61 Å². The van der Waals surface area contributed by atoms with Crippen LogP contribution in [0.3, 0.4) is 0 Å². The van der Waals surface area contributed by atoms with Gasteiger partial charge in [0.05, 0.1) is 18.0 Å². The van der Waals surface area contributed by atoms with Crippen LogP contribution in [-0.2, 0) is 19.4 Å². The predicted octanol–water partition coefficient (Wildman–Crippen LogP) is 1.66. The second-order valence-corrected chi connectivity index (χ2v) is 6.85. The maximum absolute atomic E-state index is 12.9. The van der Waals surface area contributed by atoms with E-state index in [1.165, 1.54) is 30.5 Å². The Bertz CT molecular complexity index is 785. The quantitative estimate of drug-likeness (QED) is 0.442. The van der Waals surface area contributed by atoms with Crippen molar-refractivity contribution in [3.63, 3.8) is 0 Å². The molecule has 122 valence electrons. The van der Waals surface area contributed by atoms with Crippen molar-refractivity contribution >= 4 is 27.7 Å². The number of sulfone groups is 1. The van der Waals surface area contributed by atoms with E-state index in [2.05, 4.69) is 4.99 Å². The number of ether oxygens (including phenoxy) is 1. The molecule has 9 heteroatoms. The first kappa shape index (κ1) is 16.8. The summed E-state index contributed by atoms with van der Waals surface area (Å²) in [6.45, 7) is 1.68. The van der Waals surface area contributed by atoms with Gasteiger partial charge in [-0.25, -0.2) is 8.42 Å². The van der Waals surface area contributed by atoms with E-state index in [4.69, 9.17) is 4.74 Å². The summed E-state index contributed by atoms with van der Waals surface area (Å²) in [5.74, 6) is -0.752. The van der Waals surface area contributed by atoms with Gasteiger partial charge in [-0.05, 0) is 25.1 Å². The molecular formula is C14H14N2O6S. The first-order valence-electron chi connectivity index (χ1n) is 6.71. The molecule has 1 aliphatic rings. The molecule has 1 atom stereocenters. The molecule has 0 amide bonds. The molecule has 0 saturated heterocycles. The minimum atomic E-state index is -4.32. The zero-order chi connectivity index (χ0) is 17.1. The van der Waals surface area contributed by atoms with Gasteiger partial charge < -0.3 is 4.74 Å². The van der Waals surface area contributed by atoms with Gasteiger partial charge >= 0.3 is 5.97 Å². The van der Waals surface area contributed by atoms with Crippen LogP contribution in [0, 0.1) is 10.1 Å². The standard InChI is InChI=1S/C14H14N2O6S/c1-2-22-13(17)10-14(8-5-9-15-14)23(20,21)12-7-4-3-6-11(12)16(18)19/h3-9H,2,10H2,1H3. The number of allylic oxidation sites excluding steroid dienone is 1. The summed E-state index contributed by atoms with van der Waals surface area (Å²) in [5.41, 5.74) is -0.564. The van der Waals surface area contributed by atoms with Gasteiger partial charge in [-0.1, -0.05) is 12.1 Å². The fourth-order valence-electron chi connectivity index (χ4n) is 2.21. The van der Waals surface area contributed by atoms with Gasteiger partial charge in [0.2, 0.25) is 9.84 Å². The lowest BCUT2D eigenvalue weighted by Gasteiger charge is -2.23. The molecule has 0 saturated carbocycles. The van der Waals surface area contributed by atoms with Crippen molar-refractivity contribution in [3.05, 3.63) is 46.5 Å². The SMILES string of the molecule is CCOC(=O)CC1(S(=O)(=O)c2ccccc2[N+](=O)[O-])C=CC=N1. The Morgan fingerprint density at radius 3 is 2.65 bits per heavy atom. The van der Waals surface area contributed by atoms with E-state index in [0.717, 1.165) is 12.1 Å². The van der Waals surface area contributed by atoms with Gasteiger partial charge in [-0.3, -0.25) is 19.9 Å². The zero-order valence-electron chi connectivity index (χ0n) is 12.2. The Labute approximate surface area is 132 Å². The van der Waals surface area contributed by atoms with Gasteiger partial charge in [0.1, 0.15) is 4.90 Å². The third-order valence-corrected chi connectivity index (χ3v) is 5.50. The number of carbonyl (C=O) groups is 1. The number of rotatable bonds is 6. The van der Waals surface area contributed by atoms with Gasteiger partial charge in [-0.2, -0.15) is 0 Å². The number of nitro benzene ring substituents is 1. The van der Waals surface area contributed by atoms with Crippen LogP contribution in [0.2, 0.25) is 0 Å². The maximum atomic E-state index is 12.9. The van der Waals surface area contributed by atoms with E-state index < -0.39 is 42.6 Å². The molecule has 0 aliphatic carbocycles. The Balaban J connectivity index is 2.56. The number of esters is 1. The van der Waals surface area contributed by atoms with E-state index >= 15 is 0 Å². The molecule has 0 N–H and O–H groups in total. The third-order valence-electron chi connectivity index (χ3n) is 3.26. The lowest BCUT2D eigenvalue weighted by atomic mass is 10.2. The first-order chi connectivity index (χ1) is 10.8. The number of para-hydroxylation sites is 1. The fraction of sp³-hybridized carbons (Fsp3) is 0.286. The highest BCUT2D eigenvalue weighted by Crippen LogP contribution is 2.37. The molecular weight excluding hydrogens is 324 g/mol. The molecule has 1 aromatic rings. The summed E-state index contributed by atoms with van der Waals surface area (Å²) in [7, 11) is -4.32. The number of hydrogen-bond donors (Lipinski definition) is 0. The Morgan fingerprint density at radius 2 is 2.09 bits per heavy atom. The number of benzene rings is 1. The summed E-state index contributed by atoms with van der Waals surface area (Å²) >= 11 is 0. The van der Waals surface area contributed by atoms with E-state index in [0.29, 0.717) is 0 Å². The normalized spacial score (nSPS) is 19.7. The van der Waals surface area contributed by atoms with Crippen LogP contribution in [0.25, 0.3) is 0 Å². The molecule has 0 bridgehead atoms. The molecule has 1 aliphatic heterocycles. The molecule has 0 spiro atoms. The van der Waals surface area contributed by atoms with Crippen LogP contribution < -0.4 is 0 Å². The number of carbonyl (C=O) groups excluding carboxylic acids is 1.